The Bertz CT molecular complexity index is 995. The van der Waals surface area contributed by atoms with Crippen molar-refractivity contribution in [1.82, 2.24) is 0 Å². The molecule has 0 fully saturated rings. The van der Waals surface area contributed by atoms with Crippen LogP contribution in [0.25, 0.3) is 0 Å². The van der Waals surface area contributed by atoms with E-state index in [9.17, 15) is 14.4 Å². The van der Waals surface area contributed by atoms with E-state index in [1.165, 1.54) is 6.26 Å². The molecule has 0 N–H and O–H groups in total. The van der Waals surface area contributed by atoms with Crippen molar-refractivity contribution in [1.29, 1.82) is 0 Å². The maximum Gasteiger partial charge on any atom is 0.379 e. The zero-order valence-corrected chi connectivity index (χ0v) is 16.7. The van der Waals surface area contributed by atoms with Gasteiger partial charge in [-0.15, -0.1) is 0 Å². The zero-order chi connectivity index (χ0) is 21.6. The zero-order valence-electron chi connectivity index (χ0n) is 16.7. The number of Topliss-reactive ketones (excluding diaryl/α,β-unsaturated/α-hetero) is 1. The quantitative estimate of drug-likeness (QED) is 0.317. The van der Waals surface area contributed by atoms with Gasteiger partial charge in [0, 0.05) is 5.56 Å². The molecule has 2 unspecified atom stereocenters. The number of carbonyl (C=O) groups excluding carboxylic acids is 3. The van der Waals surface area contributed by atoms with Crippen molar-refractivity contribution in [2.75, 3.05) is 6.61 Å². The largest absolute Gasteiger partial charge is 0.468 e. The average molecular weight is 406 g/mol. The number of ether oxygens (including phenoxy) is 2. The lowest BCUT2D eigenvalue weighted by Crippen LogP contribution is -2.43. The summed E-state index contributed by atoms with van der Waals surface area (Å²) < 4.78 is 16.5. The normalized spacial score (nSPS) is 13.7. The van der Waals surface area contributed by atoms with Crippen LogP contribution in [0.2, 0.25) is 0 Å². The van der Waals surface area contributed by atoms with E-state index < -0.39 is 29.2 Å². The molecule has 2 atom stereocenters. The highest BCUT2D eigenvalue weighted by Gasteiger charge is 2.40. The second-order valence-corrected chi connectivity index (χ2v) is 7.08. The van der Waals surface area contributed by atoms with E-state index in [2.05, 4.69) is 0 Å². The average Bonchev–Trinajstić information content (AvgIpc) is 3.33. The number of hydrogen-bond acceptors (Lipinski definition) is 6. The van der Waals surface area contributed by atoms with Crippen LogP contribution in [0.3, 0.4) is 0 Å². The Hall–Kier alpha value is -3.67. The summed E-state index contributed by atoms with van der Waals surface area (Å²) in [7, 11) is 0. The van der Waals surface area contributed by atoms with Gasteiger partial charge in [-0.05, 0) is 38.1 Å². The summed E-state index contributed by atoms with van der Waals surface area (Å²) in [6, 6.07) is 20.1. The fraction of sp³-hybridized carbons (Fsp3) is 0.208. The second kappa shape index (κ2) is 9.22. The van der Waals surface area contributed by atoms with Crippen LogP contribution in [0.5, 0.6) is 0 Å². The highest BCUT2D eigenvalue weighted by molar-refractivity contribution is 6.40. The van der Waals surface area contributed by atoms with Gasteiger partial charge in [-0.2, -0.15) is 0 Å². The third kappa shape index (κ3) is 4.66. The molecule has 0 saturated carbocycles. The summed E-state index contributed by atoms with van der Waals surface area (Å²) >= 11 is 0. The molecule has 1 aromatic heterocycles. The molecule has 1 heterocycles. The molecule has 3 aromatic rings. The van der Waals surface area contributed by atoms with Gasteiger partial charge in [0.1, 0.15) is 18.5 Å². The van der Waals surface area contributed by atoms with E-state index in [4.69, 9.17) is 13.9 Å². The van der Waals surface area contributed by atoms with Crippen molar-refractivity contribution >= 4 is 17.7 Å². The Balaban J connectivity index is 1.74. The van der Waals surface area contributed by atoms with Gasteiger partial charge < -0.3 is 13.9 Å². The number of furan rings is 1. The fourth-order valence-corrected chi connectivity index (χ4v) is 2.91. The molecule has 0 radical (unpaired) electrons. The van der Waals surface area contributed by atoms with Crippen LogP contribution in [0.4, 0.5) is 0 Å². The van der Waals surface area contributed by atoms with Crippen LogP contribution in [0, 0.1) is 0 Å². The van der Waals surface area contributed by atoms with Crippen LogP contribution in [-0.4, -0.2) is 30.4 Å². The van der Waals surface area contributed by atoms with Crippen LogP contribution >= 0.6 is 0 Å². The van der Waals surface area contributed by atoms with Crippen molar-refractivity contribution < 1.29 is 28.3 Å². The molecule has 3 rings (SSSR count). The summed E-state index contributed by atoms with van der Waals surface area (Å²) in [4.78, 5) is 37.1. The van der Waals surface area contributed by atoms with Gasteiger partial charge in [0.2, 0.25) is 0 Å². The topological polar surface area (TPSA) is 82.8 Å². The highest BCUT2D eigenvalue weighted by Crippen LogP contribution is 2.31. The third-order valence-corrected chi connectivity index (χ3v) is 5.00. The standard InChI is InChI=1S/C24H22O6/c1-17(30-22(26)19-12-7-4-8-13-19)24(2,20-14-9-15-28-20)16-29-23(27)21(25)18-10-5-3-6-11-18/h3-15,17H,16H2,1-2H3. The first-order valence-corrected chi connectivity index (χ1v) is 9.48. The number of rotatable bonds is 8. The molecule has 0 aliphatic heterocycles. The summed E-state index contributed by atoms with van der Waals surface area (Å²) in [5, 5.41) is 0. The van der Waals surface area contributed by atoms with Crippen LogP contribution in [0.15, 0.2) is 83.5 Å². The predicted octanol–water partition coefficient (Wildman–Crippen LogP) is 4.21. The van der Waals surface area contributed by atoms with E-state index in [1.807, 2.05) is 0 Å². The molecule has 0 aliphatic rings. The molecule has 30 heavy (non-hydrogen) atoms. The van der Waals surface area contributed by atoms with E-state index in [0.717, 1.165) is 0 Å². The molecule has 154 valence electrons. The Morgan fingerprint density at radius 3 is 2.07 bits per heavy atom. The van der Waals surface area contributed by atoms with E-state index in [-0.39, 0.29) is 12.2 Å². The number of carbonyl (C=O) groups is 3. The Labute approximate surface area is 174 Å². The maximum absolute atomic E-state index is 12.5. The number of esters is 2. The molecule has 0 spiro atoms. The van der Waals surface area contributed by atoms with E-state index in [0.29, 0.717) is 11.3 Å². The van der Waals surface area contributed by atoms with Crippen molar-refractivity contribution in [2.24, 2.45) is 0 Å². The Kier molecular flexibility index (Phi) is 6.47. The number of benzene rings is 2. The van der Waals surface area contributed by atoms with Gasteiger partial charge >= 0.3 is 11.9 Å². The molecule has 6 heteroatoms. The molecule has 0 amide bonds. The predicted molar refractivity (Wildman–Crippen MR) is 109 cm³/mol. The van der Waals surface area contributed by atoms with Crippen molar-refractivity contribution in [3.63, 3.8) is 0 Å². The minimum absolute atomic E-state index is 0.207. The smallest absolute Gasteiger partial charge is 0.379 e. The van der Waals surface area contributed by atoms with Crippen molar-refractivity contribution in [3.05, 3.63) is 95.9 Å². The first-order valence-electron chi connectivity index (χ1n) is 9.48. The molecule has 0 bridgehead atoms. The van der Waals surface area contributed by atoms with E-state index in [1.54, 1.807) is 86.6 Å². The van der Waals surface area contributed by atoms with Gasteiger partial charge in [0.05, 0.1) is 17.2 Å². The maximum atomic E-state index is 12.5. The SMILES string of the molecule is CC(OC(=O)c1ccccc1)C(C)(COC(=O)C(=O)c1ccccc1)c1ccco1. The fourth-order valence-electron chi connectivity index (χ4n) is 2.91. The van der Waals surface area contributed by atoms with Crippen LogP contribution < -0.4 is 0 Å². The van der Waals surface area contributed by atoms with Gasteiger partial charge in [0.15, 0.2) is 0 Å². The molecule has 0 aliphatic carbocycles. The lowest BCUT2D eigenvalue weighted by molar-refractivity contribution is -0.141. The molecular weight excluding hydrogens is 384 g/mol. The van der Waals surface area contributed by atoms with Gasteiger partial charge in [0.25, 0.3) is 5.78 Å². The summed E-state index contributed by atoms with van der Waals surface area (Å²) in [5.74, 6) is -1.77. The first kappa shape index (κ1) is 21.0. The van der Waals surface area contributed by atoms with Gasteiger partial charge in [-0.3, -0.25) is 4.79 Å². The van der Waals surface area contributed by atoms with Crippen LogP contribution in [0.1, 0.15) is 40.3 Å². The van der Waals surface area contributed by atoms with Crippen molar-refractivity contribution in [3.8, 4) is 0 Å². The van der Waals surface area contributed by atoms with Gasteiger partial charge in [-0.25, -0.2) is 9.59 Å². The highest BCUT2D eigenvalue weighted by atomic mass is 16.6. The summed E-state index contributed by atoms with van der Waals surface area (Å²) in [6.07, 6.45) is 0.770. The third-order valence-electron chi connectivity index (χ3n) is 5.00. The lowest BCUT2D eigenvalue weighted by atomic mass is 9.83. The lowest BCUT2D eigenvalue weighted by Gasteiger charge is -2.32. The Morgan fingerprint density at radius 1 is 0.900 bits per heavy atom. The van der Waals surface area contributed by atoms with Gasteiger partial charge in [-0.1, -0.05) is 48.5 Å². The van der Waals surface area contributed by atoms with Crippen LogP contribution in [-0.2, 0) is 19.7 Å². The van der Waals surface area contributed by atoms with Crippen molar-refractivity contribution in [2.45, 2.75) is 25.4 Å². The molecule has 2 aromatic carbocycles. The minimum atomic E-state index is -0.999. The molecular formula is C24H22O6. The Morgan fingerprint density at radius 2 is 1.50 bits per heavy atom. The monoisotopic (exact) mass is 406 g/mol. The summed E-state index contributed by atoms with van der Waals surface area (Å²) in [6.45, 7) is 3.23. The number of ketones is 1. The first-order chi connectivity index (χ1) is 14.4. The molecule has 6 nitrogen and oxygen atoms in total. The number of hydrogen-bond donors (Lipinski definition) is 0. The summed E-state index contributed by atoms with van der Waals surface area (Å²) in [5.41, 5.74) is -0.353. The molecule has 0 saturated heterocycles. The second-order valence-electron chi connectivity index (χ2n) is 7.08. The minimum Gasteiger partial charge on any atom is -0.468 e. The van der Waals surface area contributed by atoms with E-state index >= 15 is 0 Å².